The van der Waals surface area contributed by atoms with Gasteiger partial charge in [-0.25, -0.2) is 4.79 Å². The molecule has 3 N–H and O–H groups in total. The van der Waals surface area contributed by atoms with Crippen molar-refractivity contribution in [1.82, 2.24) is 10.6 Å². The molecule has 3 aromatic rings. The van der Waals surface area contributed by atoms with Gasteiger partial charge in [-0.05, 0) is 42.3 Å². The number of hydrogen-bond donors (Lipinski definition) is 3. The Hall–Kier alpha value is -3.31. The highest BCUT2D eigenvalue weighted by Gasteiger charge is 2.23. The summed E-state index contributed by atoms with van der Waals surface area (Å²) in [6.07, 6.45) is 0.377. The summed E-state index contributed by atoms with van der Waals surface area (Å²) in [5.41, 5.74) is 2.54. The molecule has 0 aromatic heterocycles. The average Bonchev–Trinajstić information content (AvgIpc) is 2.76. The summed E-state index contributed by atoms with van der Waals surface area (Å²) in [7, 11) is 0. The van der Waals surface area contributed by atoms with Crippen molar-refractivity contribution in [2.75, 3.05) is 5.32 Å². The molecule has 3 rings (SSSR count). The first-order valence-electron chi connectivity index (χ1n) is 9.73. The van der Waals surface area contributed by atoms with Gasteiger partial charge in [0.25, 0.3) is 0 Å². The predicted octanol–water partition coefficient (Wildman–Crippen LogP) is 4.95. The summed E-state index contributed by atoms with van der Waals surface area (Å²) < 4.78 is 0. The summed E-state index contributed by atoms with van der Waals surface area (Å²) in [6, 6.07) is 24.7. The zero-order valence-corrected chi connectivity index (χ0v) is 17.4. The molecule has 2 unspecified atom stereocenters. The summed E-state index contributed by atoms with van der Waals surface area (Å²) in [5.74, 6) is -0.249. The van der Waals surface area contributed by atoms with Gasteiger partial charge in [-0.3, -0.25) is 4.79 Å². The maximum atomic E-state index is 13.0. The van der Waals surface area contributed by atoms with Crippen LogP contribution in [0.5, 0.6) is 0 Å². The van der Waals surface area contributed by atoms with Crippen LogP contribution in [-0.2, 0) is 11.2 Å². The fourth-order valence-corrected chi connectivity index (χ4v) is 3.18. The summed E-state index contributed by atoms with van der Waals surface area (Å²) in [4.78, 5) is 25.5. The molecule has 0 aliphatic carbocycles. The fraction of sp³-hybridized carbons (Fsp3) is 0.167. The van der Waals surface area contributed by atoms with Crippen LogP contribution in [0.2, 0.25) is 5.02 Å². The molecule has 0 fully saturated rings. The van der Waals surface area contributed by atoms with Crippen LogP contribution in [-0.4, -0.2) is 18.0 Å². The van der Waals surface area contributed by atoms with Crippen LogP contribution in [0.4, 0.5) is 10.5 Å². The molecule has 154 valence electrons. The minimum absolute atomic E-state index is 0.182. The molecule has 0 aliphatic rings. The Morgan fingerprint density at radius 1 is 0.833 bits per heavy atom. The monoisotopic (exact) mass is 421 g/mol. The van der Waals surface area contributed by atoms with Crippen LogP contribution in [0.3, 0.4) is 0 Å². The van der Waals surface area contributed by atoms with Crippen molar-refractivity contribution in [3.8, 4) is 0 Å². The van der Waals surface area contributed by atoms with Crippen molar-refractivity contribution in [1.29, 1.82) is 0 Å². The van der Waals surface area contributed by atoms with Gasteiger partial charge < -0.3 is 16.0 Å². The third kappa shape index (κ3) is 6.36. The number of carbonyl (C=O) groups is 2. The predicted molar refractivity (Wildman–Crippen MR) is 121 cm³/mol. The van der Waals surface area contributed by atoms with E-state index in [0.29, 0.717) is 17.1 Å². The number of nitrogens with one attached hydrogen (secondary N) is 3. The van der Waals surface area contributed by atoms with Crippen LogP contribution in [0.15, 0.2) is 84.9 Å². The van der Waals surface area contributed by atoms with Crippen molar-refractivity contribution in [2.45, 2.75) is 25.4 Å². The molecule has 3 aromatic carbocycles. The molecule has 0 aliphatic heterocycles. The van der Waals surface area contributed by atoms with Gasteiger partial charge in [0.05, 0.1) is 6.04 Å². The van der Waals surface area contributed by atoms with Gasteiger partial charge in [0.1, 0.15) is 6.04 Å². The van der Waals surface area contributed by atoms with Crippen molar-refractivity contribution < 1.29 is 9.59 Å². The maximum absolute atomic E-state index is 13.0. The normalized spacial score (nSPS) is 12.5. The second-order valence-corrected chi connectivity index (χ2v) is 7.43. The third-order valence-corrected chi connectivity index (χ3v) is 4.92. The quantitative estimate of drug-likeness (QED) is 0.505. The topological polar surface area (TPSA) is 70.2 Å². The first-order valence-corrected chi connectivity index (χ1v) is 10.1. The van der Waals surface area contributed by atoms with Crippen LogP contribution in [0.25, 0.3) is 0 Å². The molecule has 6 heteroatoms. The first kappa shape index (κ1) is 21.4. The van der Waals surface area contributed by atoms with E-state index in [1.807, 2.05) is 67.6 Å². The van der Waals surface area contributed by atoms with Gasteiger partial charge in [0.2, 0.25) is 5.91 Å². The maximum Gasteiger partial charge on any atom is 0.319 e. The Bertz CT molecular complexity index is 963. The third-order valence-electron chi connectivity index (χ3n) is 4.66. The highest BCUT2D eigenvalue weighted by Crippen LogP contribution is 2.14. The number of urea groups is 1. The molecule has 0 bridgehead atoms. The second kappa shape index (κ2) is 10.5. The lowest BCUT2D eigenvalue weighted by Crippen LogP contribution is -2.49. The van der Waals surface area contributed by atoms with Crippen molar-refractivity contribution >= 4 is 29.2 Å². The number of anilines is 1. The zero-order valence-electron chi connectivity index (χ0n) is 16.6. The molecular formula is C24H24ClN3O2. The Balaban J connectivity index is 1.69. The Morgan fingerprint density at radius 2 is 1.43 bits per heavy atom. The van der Waals surface area contributed by atoms with E-state index in [2.05, 4.69) is 16.0 Å². The van der Waals surface area contributed by atoms with E-state index in [0.717, 1.165) is 11.1 Å². The van der Waals surface area contributed by atoms with Gasteiger partial charge in [-0.1, -0.05) is 72.3 Å². The van der Waals surface area contributed by atoms with Gasteiger partial charge in [0, 0.05) is 17.1 Å². The molecule has 3 amide bonds. The summed E-state index contributed by atoms with van der Waals surface area (Å²) in [6.45, 7) is 1.92. The number of hydrogen-bond acceptors (Lipinski definition) is 2. The minimum atomic E-state index is -0.731. The Labute approximate surface area is 181 Å². The van der Waals surface area contributed by atoms with Gasteiger partial charge in [-0.2, -0.15) is 0 Å². The molecule has 0 radical (unpaired) electrons. The number of benzene rings is 3. The zero-order chi connectivity index (χ0) is 21.3. The van der Waals surface area contributed by atoms with E-state index in [9.17, 15) is 9.59 Å². The van der Waals surface area contributed by atoms with Crippen LogP contribution in [0, 0.1) is 0 Å². The smallest absolute Gasteiger partial charge is 0.319 e. The first-order chi connectivity index (χ1) is 14.5. The van der Waals surface area contributed by atoms with E-state index in [1.165, 1.54) is 0 Å². The number of halogens is 1. The van der Waals surface area contributed by atoms with E-state index >= 15 is 0 Å². The summed E-state index contributed by atoms with van der Waals surface area (Å²) >= 11 is 5.88. The SMILES string of the molecule is CC(NC(=O)C(Cc1ccccc1)NC(=O)Nc1ccc(Cl)cc1)c1ccccc1. The molecular weight excluding hydrogens is 398 g/mol. The standard InChI is InChI=1S/C24H24ClN3O2/c1-17(19-10-6-3-7-11-19)26-23(29)22(16-18-8-4-2-5-9-18)28-24(30)27-21-14-12-20(25)13-15-21/h2-15,17,22H,16H2,1H3,(H,26,29)(H2,27,28,30). The van der Waals surface area contributed by atoms with E-state index in [4.69, 9.17) is 11.6 Å². The molecule has 0 heterocycles. The Morgan fingerprint density at radius 3 is 2.07 bits per heavy atom. The van der Waals surface area contributed by atoms with Crippen LogP contribution < -0.4 is 16.0 Å². The van der Waals surface area contributed by atoms with E-state index < -0.39 is 12.1 Å². The molecule has 0 spiro atoms. The highest BCUT2D eigenvalue weighted by molar-refractivity contribution is 6.30. The lowest BCUT2D eigenvalue weighted by molar-refractivity contribution is -0.123. The number of amides is 3. The van der Waals surface area contributed by atoms with E-state index in [1.54, 1.807) is 24.3 Å². The minimum Gasteiger partial charge on any atom is -0.348 e. The number of rotatable bonds is 7. The molecule has 0 saturated carbocycles. The fourth-order valence-electron chi connectivity index (χ4n) is 3.06. The number of carbonyl (C=O) groups excluding carboxylic acids is 2. The van der Waals surface area contributed by atoms with E-state index in [-0.39, 0.29) is 11.9 Å². The van der Waals surface area contributed by atoms with Gasteiger partial charge in [-0.15, -0.1) is 0 Å². The van der Waals surface area contributed by atoms with Gasteiger partial charge in [0.15, 0.2) is 0 Å². The molecule has 2 atom stereocenters. The second-order valence-electron chi connectivity index (χ2n) is 6.99. The van der Waals surface area contributed by atoms with Crippen molar-refractivity contribution in [2.24, 2.45) is 0 Å². The van der Waals surface area contributed by atoms with Crippen molar-refractivity contribution in [3.05, 3.63) is 101 Å². The van der Waals surface area contributed by atoms with Crippen LogP contribution >= 0.6 is 11.6 Å². The highest BCUT2D eigenvalue weighted by atomic mass is 35.5. The van der Waals surface area contributed by atoms with Crippen LogP contribution in [0.1, 0.15) is 24.1 Å². The Kier molecular flexibility index (Phi) is 7.46. The average molecular weight is 422 g/mol. The molecule has 5 nitrogen and oxygen atoms in total. The molecule has 0 saturated heterocycles. The lowest BCUT2D eigenvalue weighted by atomic mass is 10.0. The largest absolute Gasteiger partial charge is 0.348 e. The lowest BCUT2D eigenvalue weighted by Gasteiger charge is -2.22. The molecule has 30 heavy (non-hydrogen) atoms. The van der Waals surface area contributed by atoms with Gasteiger partial charge >= 0.3 is 6.03 Å². The van der Waals surface area contributed by atoms with Crippen molar-refractivity contribution in [3.63, 3.8) is 0 Å². The summed E-state index contributed by atoms with van der Waals surface area (Å²) in [5, 5.41) is 9.10.